The van der Waals surface area contributed by atoms with Gasteiger partial charge in [0.15, 0.2) is 0 Å². The smallest absolute Gasteiger partial charge is 0.410 e. The minimum atomic E-state index is -0.510. The number of carbonyl (C=O) groups excluding carboxylic acids is 2. The first-order valence-corrected chi connectivity index (χ1v) is 11.0. The number of amides is 2. The van der Waals surface area contributed by atoms with Crippen LogP contribution in [-0.2, 0) is 16.1 Å². The Morgan fingerprint density at radius 3 is 2.80 bits per heavy atom. The lowest BCUT2D eigenvalue weighted by molar-refractivity contribution is -0.124. The van der Waals surface area contributed by atoms with Crippen LogP contribution < -0.4 is 4.90 Å². The molecule has 0 aliphatic carbocycles. The molecule has 1 atom stereocenters. The van der Waals surface area contributed by atoms with Crippen LogP contribution in [0.15, 0.2) is 48.5 Å². The van der Waals surface area contributed by atoms with Gasteiger partial charge in [-0.05, 0) is 59.2 Å². The molecule has 154 valence electrons. The molecule has 2 amide bonds. The molecule has 0 saturated carbocycles. The molecule has 0 bridgehead atoms. The predicted octanol–water partition coefficient (Wildman–Crippen LogP) is 3.93. The number of carbonyl (C=O) groups is 2. The highest BCUT2D eigenvalue weighted by atomic mass is 127. The third kappa shape index (κ3) is 3.32. The number of benzene rings is 2. The Labute approximate surface area is 187 Å². The molecule has 0 radical (unpaired) electrons. The van der Waals surface area contributed by atoms with Crippen molar-refractivity contribution in [2.75, 3.05) is 24.5 Å². The molecule has 7 nitrogen and oxygen atoms in total. The fourth-order valence-corrected chi connectivity index (χ4v) is 4.99. The Morgan fingerprint density at radius 2 is 1.97 bits per heavy atom. The highest BCUT2D eigenvalue weighted by molar-refractivity contribution is 14.1. The highest BCUT2D eigenvalue weighted by Crippen LogP contribution is 2.43. The van der Waals surface area contributed by atoms with E-state index in [4.69, 9.17) is 4.74 Å². The fourth-order valence-electron chi connectivity index (χ4n) is 4.42. The number of rotatable bonds is 3. The standard InChI is InChI=1S/C22H21IN4O3/c23-19-17-12-16(6-7-18(17)24-25-19)27-11-9-22(20(27)28)8-10-26(14-22)21(29)30-13-15-4-2-1-3-5-15/h1-7,12H,8-11,13-14H2,(H,24,25). The lowest BCUT2D eigenvalue weighted by Gasteiger charge is -2.23. The van der Waals surface area contributed by atoms with Crippen molar-refractivity contribution in [3.63, 3.8) is 0 Å². The molecule has 5 rings (SSSR count). The summed E-state index contributed by atoms with van der Waals surface area (Å²) in [6.07, 6.45) is 1.07. The fraction of sp³-hybridized carbons (Fsp3) is 0.318. The van der Waals surface area contributed by atoms with Crippen molar-refractivity contribution in [1.82, 2.24) is 15.1 Å². The average molecular weight is 516 g/mol. The third-order valence-corrected chi connectivity index (χ3v) is 6.96. The summed E-state index contributed by atoms with van der Waals surface area (Å²) in [6, 6.07) is 15.5. The number of ether oxygens (including phenoxy) is 1. The monoisotopic (exact) mass is 516 g/mol. The van der Waals surface area contributed by atoms with Gasteiger partial charge in [0.25, 0.3) is 0 Å². The van der Waals surface area contributed by atoms with Crippen molar-refractivity contribution in [2.24, 2.45) is 5.41 Å². The summed E-state index contributed by atoms with van der Waals surface area (Å²) < 4.78 is 6.35. The third-order valence-electron chi connectivity index (χ3n) is 6.14. The van der Waals surface area contributed by atoms with Gasteiger partial charge in [0.05, 0.1) is 10.9 Å². The van der Waals surface area contributed by atoms with E-state index in [1.807, 2.05) is 53.4 Å². The summed E-state index contributed by atoms with van der Waals surface area (Å²) in [5, 5.41) is 8.22. The maximum atomic E-state index is 13.4. The molecule has 2 aromatic carbocycles. The van der Waals surface area contributed by atoms with E-state index in [1.54, 1.807) is 4.90 Å². The van der Waals surface area contributed by atoms with Gasteiger partial charge in [0, 0.05) is 30.7 Å². The number of aromatic nitrogens is 2. The van der Waals surface area contributed by atoms with E-state index < -0.39 is 5.41 Å². The molecule has 2 fully saturated rings. The van der Waals surface area contributed by atoms with Crippen LogP contribution in [0.2, 0.25) is 0 Å². The van der Waals surface area contributed by atoms with Crippen molar-refractivity contribution < 1.29 is 14.3 Å². The van der Waals surface area contributed by atoms with Gasteiger partial charge in [0.2, 0.25) is 5.91 Å². The van der Waals surface area contributed by atoms with Crippen LogP contribution in [0.3, 0.4) is 0 Å². The van der Waals surface area contributed by atoms with E-state index in [0.717, 1.165) is 32.3 Å². The zero-order valence-corrected chi connectivity index (χ0v) is 18.5. The SMILES string of the molecule is O=C(OCc1ccccc1)N1CCC2(CCN(c3ccc4[nH]nc(I)c4c3)C2=O)C1. The number of nitrogens with zero attached hydrogens (tertiary/aromatic N) is 3. The normalized spacial score (nSPS) is 21.2. The van der Waals surface area contributed by atoms with Gasteiger partial charge in [-0.1, -0.05) is 30.3 Å². The predicted molar refractivity (Wildman–Crippen MR) is 121 cm³/mol. The van der Waals surface area contributed by atoms with Crippen LogP contribution >= 0.6 is 22.6 Å². The summed E-state index contributed by atoms with van der Waals surface area (Å²) in [5.74, 6) is 0.0960. The Bertz CT molecular complexity index is 1120. The number of halogens is 1. The Balaban J connectivity index is 1.27. The van der Waals surface area contributed by atoms with Gasteiger partial charge >= 0.3 is 6.09 Å². The molecule has 30 heavy (non-hydrogen) atoms. The molecule has 2 saturated heterocycles. The number of aromatic amines is 1. The van der Waals surface area contributed by atoms with Gasteiger partial charge in [-0.15, -0.1) is 0 Å². The van der Waals surface area contributed by atoms with E-state index in [-0.39, 0.29) is 18.6 Å². The topological polar surface area (TPSA) is 78.5 Å². The minimum absolute atomic E-state index is 0.0960. The largest absolute Gasteiger partial charge is 0.445 e. The molecule has 8 heteroatoms. The Hall–Kier alpha value is -2.62. The van der Waals surface area contributed by atoms with E-state index in [2.05, 4.69) is 32.8 Å². The van der Waals surface area contributed by atoms with Gasteiger partial charge in [-0.3, -0.25) is 9.89 Å². The molecular weight excluding hydrogens is 495 g/mol. The van der Waals surface area contributed by atoms with Crippen LogP contribution in [0.4, 0.5) is 10.5 Å². The number of fused-ring (bicyclic) bond motifs is 1. The Morgan fingerprint density at radius 1 is 1.17 bits per heavy atom. The van der Waals surface area contributed by atoms with Crippen LogP contribution in [0.25, 0.3) is 10.9 Å². The van der Waals surface area contributed by atoms with E-state index in [9.17, 15) is 9.59 Å². The maximum Gasteiger partial charge on any atom is 0.410 e. The second-order valence-corrected chi connectivity index (χ2v) is 8.96. The minimum Gasteiger partial charge on any atom is -0.445 e. The molecule has 2 aliphatic heterocycles. The summed E-state index contributed by atoms with van der Waals surface area (Å²) in [6.45, 7) is 1.87. The van der Waals surface area contributed by atoms with Crippen molar-refractivity contribution in [2.45, 2.75) is 19.4 Å². The maximum absolute atomic E-state index is 13.4. The average Bonchev–Trinajstić information content (AvgIpc) is 3.46. The van der Waals surface area contributed by atoms with E-state index >= 15 is 0 Å². The van der Waals surface area contributed by atoms with Crippen molar-refractivity contribution in [1.29, 1.82) is 0 Å². The zero-order chi connectivity index (χ0) is 20.7. The zero-order valence-electron chi connectivity index (χ0n) is 16.3. The molecule has 1 aromatic heterocycles. The van der Waals surface area contributed by atoms with Crippen LogP contribution in [0.5, 0.6) is 0 Å². The molecule has 3 aromatic rings. The summed E-state index contributed by atoms with van der Waals surface area (Å²) in [7, 11) is 0. The number of H-pyrrole nitrogens is 1. The quantitative estimate of drug-likeness (QED) is 0.536. The van der Waals surface area contributed by atoms with Crippen molar-refractivity contribution in [3.8, 4) is 0 Å². The lowest BCUT2D eigenvalue weighted by atomic mass is 9.85. The van der Waals surface area contributed by atoms with Crippen molar-refractivity contribution in [3.05, 3.63) is 57.8 Å². The molecule has 2 aliphatic rings. The Kier molecular flexibility index (Phi) is 4.88. The second kappa shape index (κ2) is 7.57. The lowest BCUT2D eigenvalue weighted by Crippen LogP contribution is -2.38. The molecule has 1 spiro atoms. The summed E-state index contributed by atoms with van der Waals surface area (Å²) >= 11 is 2.19. The summed E-state index contributed by atoms with van der Waals surface area (Å²) in [4.78, 5) is 29.4. The molecular formula is C22H21IN4O3. The first-order valence-electron chi connectivity index (χ1n) is 9.97. The van der Waals surface area contributed by atoms with Gasteiger partial charge in [-0.2, -0.15) is 5.10 Å². The van der Waals surface area contributed by atoms with Gasteiger partial charge in [0.1, 0.15) is 10.3 Å². The number of likely N-dealkylation sites (tertiary alicyclic amines) is 1. The first-order chi connectivity index (χ1) is 14.6. The van der Waals surface area contributed by atoms with Crippen LogP contribution in [-0.4, -0.2) is 46.7 Å². The number of hydrogen-bond donors (Lipinski definition) is 1. The first kappa shape index (κ1) is 19.3. The highest BCUT2D eigenvalue weighted by Gasteiger charge is 2.52. The molecule has 1 unspecified atom stereocenters. The number of nitrogens with one attached hydrogen (secondary N) is 1. The molecule has 3 heterocycles. The molecule has 1 N–H and O–H groups in total. The van der Waals surface area contributed by atoms with E-state index in [0.29, 0.717) is 26.1 Å². The van der Waals surface area contributed by atoms with Crippen LogP contribution in [0.1, 0.15) is 18.4 Å². The number of hydrogen-bond acceptors (Lipinski definition) is 4. The van der Waals surface area contributed by atoms with Crippen molar-refractivity contribution >= 4 is 51.2 Å². The summed E-state index contributed by atoms with van der Waals surface area (Å²) in [5.41, 5.74) is 2.28. The van der Waals surface area contributed by atoms with Gasteiger partial charge in [-0.25, -0.2) is 4.79 Å². The van der Waals surface area contributed by atoms with Crippen LogP contribution in [0, 0.1) is 9.12 Å². The number of anilines is 1. The van der Waals surface area contributed by atoms with Gasteiger partial charge < -0.3 is 14.5 Å². The second-order valence-electron chi connectivity index (χ2n) is 7.94. The van der Waals surface area contributed by atoms with E-state index in [1.165, 1.54) is 0 Å².